The topological polar surface area (TPSA) is 129 Å². The first-order chi connectivity index (χ1) is 10.4. The fourth-order valence-electron chi connectivity index (χ4n) is 2.55. The molecule has 1 fully saturated rings. The van der Waals surface area contributed by atoms with Gasteiger partial charge in [0.25, 0.3) is 0 Å². The smallest absolute Gasteiger partial charge is 0.132 e. The monoisotopic (exact) mass is 316 g/mol. The largest absolute Gasteiger partial charge is 0.508 e. The Bertz CT molecular complexity index is 493. The highest BCUT2D eigenvalue weighted by atomic mass is 16.5. The molecule has 1 aromatic carbocycles. The molecule has 5 atom stereocenters. The predicted molar refractivity (Wildman–Crippen MR) is 73.9 cm³/mol. The molecule has 1 aliphatic heterocycles. The lowest BCUT2D eigenvalue weighted by Gasteiger charge is -2.40. The fraction of sp³-hybridized carbons (Fsp3) is 0.571. The van der Waals surface area contributed by atoms with Crippen molar-refractivity contribution < 1.29 is 39.7 Å². The maximum absolute atomic E-state index is 10.2. The summed E-state index contributed by atoms with van der Waals surface area (Å²) in [7, 11) is 2.73. The van der Waals surface area contributed by atoms with Gasteiger partial charge in [0, 0.05) is 12.1 Å². The summed E-state index contributed by atoms with van der Waals surface area (Å²) in [5.74, 6) is 0.254. The number of aromatic hydroxyl groups is 1. The Hall–Kier alpha value is -1.58. The van der Waals surface area contributed by atoms with Crippen LogP contribution in [0.5, 0.6) is 17.2 Å². The zero-order valence-corrected chi connectivity index (χ0v) is 12.2. The maximum Gasteiger partial charge on any atom is 0.132 e. The van der Waals surface area contributed by atoms with Gasteiger partial charge in [-0.15, -0.1) is 0 Å². The highest BCUT2D eigenvalue weighted by Gasteiger charge is 2.45. The van der Waals surface area contributed by atoms with Crippen molar-refractivity contribution in [3.05, 3.63) is 17.7 Å². The molecule has 5 N–H and O–H groups in total. The lowest BCUT2D eigenvalue weighted by molar-refractivity contribution is -0.232. The average molecular weight is 316 g/mol. The van der Waals surface area contributed by atoms with Crippen LogP contribution in [0.25, 0.3) is 0 Å². The van der Waals surface area contributed by atoms with E-state index in [0.29, 0.717) is 0 Å². The lowest BCUT2D eigenvalue weighted by atomic mass is 9.90. The molecule has 8 nitrogen and oxygen atoms in total. The van der Waals surface area contributed by atoms with Crippen molar-refractivity contribution >= 4 is 0 Å². The van der Waals surface area contributed by atoms with Gasteiger partial charge >= 0.3 is 0 Å². The van der Waals surface area contributed by atoms with Crippen LogP contribution in [0.1, 0.15) is 11.7 Å². The molecule has 0 bridgehead atoms. The minimum absolute atomic E-state index is 0.109. The van der Waals surface area contributed by atoms with E-state index in [1.165, 1.54) is 26.4 Å². The van der Waals surface area contributed by atoms with Crippen LogP contribution in [0.3, 0.4) is 0 Å². The minimum atomic E-state index is -1.51. The van der Waals surface area contributed by atoms with Crippen LogP contribution in [0, 0.1) is 0 Å². The lowest BCUT2D eigenvalue weighted by Crippen LogP contribution is -2.55. The zero-order valence-electron chi connectivity index (χ0n) is 12.2. The molecule has 0 saturated carbocycles. The highest BCUT2D eigenvalue weighted by Crippen LogP contribution is 2.43. The molecule has 0 aliphatic carbocycles. The van der Waals surface area contributed by atoms with Crippen molar-refractivity contribution in [3.63, 3.8) is 0 Å². The van der Waals surface area contributed by atoms with Gasteiger partial charge in [0.2, 0.25) is 0 Å². The summed E-state index contributed by atoms with van der Waals surface area (Å²) in [5.41, 5.74) is 0.264. The van der Waals surface area contributed by atoms with E-state index in [-0.39, 0.29) is 22.8 Å². The van der Waals surface area contributed by atoms with Crippen LogP contribution >= 0.6 is 0 Å². The Morgan fingerprint density at radius 2 is 1.55 bits per heavy atom. The molecule has 0 unspecified atom stereocenters. The first-order valence-electron chi connectivity index (χ1n) is 6.70. The maximum atomic E-state index is 10.2. The van der Waals surface area contributed by atoms with Gasteiger partial charge in [-0.3, -0.25) is 0 Å². The second kappa shape index (κ2) is 6.67. The summed E-state index contributed by atoms with van der Waals surface area (Å²) in [6, 6.07) is 2.61. The SMILES string of the molecule is COc1cc(O)cc(OC)c1[C@@H]1O[C@H](CO)[C@@H](O)[C@H](O)[C@H]1O. The normalized spacial score (nSPS) is 31.8. The van der Waals surface area contributed by atoms with Crippen molar-refractivity contribution in [3.8, 4) is 17.2 Å². The third kappa shape index (κ3) is 2.83. The second-order valence-corrected chi connectivity index (χ2v) is 5.01. The van der Waals surface area contributed by atoms with Crippen molar-refractivity contribution in [2.75, 3.05) is 20.8 Å². The van der Waals surface area contributed by atoms with Gasteiger partial charge in [-0.1, -0.05) is 0 Å². The molecule has 1 aromatic rings. The van der Waals surface area contributed by atoms with E-state index in [4.69, 9.17) is 14.2 Å². The van der Waals surface area contributed by atoms with E-state index in [1.807, 2.05) is 0 Å². The van der Waals surface area contributed by atoms with Gasteiger partial charge in [0.05, 0.1) is 26.4 Å². The van der Waals surface area contributed by atoms with Crippen molar-refractivity contribution in [1.29, 1.82) is 0 Å². The quantitative estimate of drug-likeness (QED) is 0.475. The highest BCUT2D eigenvalue weighted by molar-refractivity contribution is 5.52. The Morgan fingerprint density at radius 3 is 2.00 bits per heavy atom. The number of methoxy groups -OCH3 is 2. The molecular formula is C14H20O8. The van der Waals surface area contributed by atoms with E-state index >= 15 is 0 Å². The van der Waals surface area contributed by atoms with Gasteiger partial charge in [-0.05, 0) is 0 Å². The second-order valence-electron chi connectivity index (χ2n) is 5.01. The number of ether oxygens (including phenoxy) is 3. The number of rotatable bonds is 4. The van der Waals surface area contributed by atoms with Gasteiger partial charge in [0.1, 0.15) is 47.8 Å². The van der Waals surface area contributed by atoms with E-state index < -0.39 is 37.1 Å². The molecular weight excluding hydrogens is 296 g/mol. The van der Waals surface area contributed by atoms with E-state index in [1.54, 1.807) is 0 Å². The average Bonchev–Trinajstić information content (AvgIpc) is 2.52. The van der Waals surface area contributed by atoms with Crippen LogP contribution in [0.15, 0.2) is 12.1 Å². The summed E-state index contributed by atoms with van der Waals surface area (Å²) in [4.78, 5) is 0. The third-order valence-corrected chi connectivity index (χ3v) is 3.71. The Labute approximate surface area is 127 Å². The van der Waals surface area contributed by atoms with Crippen LogP contribution in [0.2, 0.25) is 0 Å². The molecule has 0 radical (unpaired) electrons. The van der Waals surface area contributed by atoms with Crippen LogP contribution in [-0.4, -0.2) is 70.8 Å². The summed E-state index contributed by atoms with van der Waals surface area (Å²) < 4.78 is 15.8. The standard InChI is InChI=1S/C14H20O8/c1-20-7-3-6(16)4-8(21-2)10(7)14-13(19)12(18)11(17)9(5-15)22-14/h3-4,9,11-19H,5H2,1-2H3/t9-,11-,12+,13-,14+/m1/s1. The third-order valence-electron chi connectivity index (χ3n) is 3.71. The van der Waals surface area contributed by atoms with E-state index in [9.17, 15) is 25.5 Å². The molecule has 0 aromatic heterocycles. The fourth-order valence-corrected chi connectivity index (χ4v) is 2.55. The Kier molecular flexibility index (Phi) is 5.09. The summed E-state index contributed by atoms with van der Waals surface area (Å²) in [6.45, 7) is -0.538. The van der Waals surface area contributed by atoms with Gasteiger partial charge in [0.15, 0.2) is 0 Å². The molecule has 1 saturated heterocycles. The minimum Gasteiger partial charge on any atom is -0.508 e. The number of hydrogen-bond acceptors (Lipinski definition) is 8. The molecule has 0 amide bonds. The Balaban J connectivity index is 2.49. The molecule has 124 valence electrons. The van der Waals surface area contributed by atoms with Gasteiger partial charge < -0.3 is 39.7 Å². The number of hydrogen-bond donors (Lipinski definition) is 5. The summed E-state index contributed by atoms with van der Waals surface area (Å²) >= 11 is 0. The van der Waals surface area contributed by atoms with E-state index in [0.717, 1.165) is 0 Å². The van der Waals surface area contributed by atoms with E-state index in [2.05, 4.69) is 0 Å². The van der Waals surface area contributed by atoms with Gasteiger partial charge in [-0.25, -0.2) is 0 Å². The molecule has 1 heterocycles. The van der Waals surface area contributed by atoms with Crippen LogP contribution in [0.4, 0.5) is 0 Å². The molecule has 0 spiro atoms. The predicted octanol–water partition coefficient (Wildman–Crippen LogP) is -1.08. The van der Waals surface area contributed by atoms with Crippen molar-refractivity contribution in [1.82, 2.24) is 0 Å². The first-order valence-corrected chi connectivity index (χ1v) is 6.70. The number of benzene rings is 1. The first kappa shape index (κ1) is 16.8. The number of aliphatic hydroxyl groups excluding tert-OH is 4. The summed E-state index contributed by atoms with van der Waals surface area (Å²) in [5, 5.41) is 48.8. The molecule has 2 rings (SSSR count). The molecule has 1 aliphatic rings. The van der Waals surface area contributed by atoms with Crippen molar-refractivity contribution in [2.24, 2.45) is 0 Å². The number of phenolic OH excluding ortho intramolecular Hbond substituents is 1. The van der Waals surface area contributed by atoms with Gasteiger partial charge in [-0.2, -0.15) is 0 Å². The zero-order chi connectivity index (χ0) is 16.4. The number of phenols is 1. The molecule has 22 heavy (non-hydrogen) atoms. The van der Waals surface area contributed by atoms with Crippen molar-refractivity contribution in [2.45, 2.75) is 30.5 Å². The number of aliphatic hydroxyl groups is 4. The van der Waals surface area contributed by atoms with Crippen LogP contribution in [-0.2, 0) is 4.74 Å². The molecule has 8 heteroatoms. The Morgan fingerprint density at radius 1 is 1.00 bits per heavy atom. The summed E-state index contributed by atoms with van der Waals surface area (Å²) in [6.07, 6.45) is -6.60. The van der Waals surface area contributed by atoms with Crippen LogP contribution < -0.4 is 9.47 Å².